The molecular weight excluding hydrogens is 386 g/mol. The van der Waals surface area contributed by atoms with Crippen molar-refractivity contribution < 1.29 is 34.2 Å². The number of carboxylic acid groups (broad SMARTS) is 1. The Labute approximate surface area is 168 Å². The molecule has 0 aromatic rings. The number of aliphatic hydroxyl groups is 1. The largest absolute Gasteiger partial charge is 0.480 e. The molecule has 29 heavy (non-hydrogen) atoms. The van der Waals surface area contributed by atoms with Crippen LogP contribution in [0.5, 0.6) is 0 Å². The first-order chi connectivity index (χ1) is 13.3. The molecule has 5 unspecified atom stereocenters. The quantitative estimate of drug-likeness (QED) is 0.175. The van der Waals surface area contributed by atoms with E-state index in [0.717, 1.165) is 0 Å². The minimum atomic E-state index is -1.62. The Morgan fingerprint density at radius 1 is 0.862 bits per heavy atom. The van der Waals surface area contributed by atoms with Crippen molar-refractivity contribution in [3.63, 3.8) is 0 Å². The Hall–Kier alpha value is -2.73. The van der Waals surface area contributed by atoms with E-state index >= 15 is 0 Å². The number of nitrogens with one attached hydrogen (secondary N) is 3. The molecule has 0 bridgehead atoms. The van der Waals surface area contributed by atoms with E-state index in [2.05, 4.69) is 16.0 Å². The van der Waals surface area contributed by atoms with Gasteiger partial charge < -0.3 is 37.6 Å². The molecular formula is C17H31N5O7. The second-order valence-corrected chi connectivity index (χ2v) is 7.28. The van der Waals surface area contributed by atoms with Crippen LogP contribution < -0.4 is 27.4 Å². The van der Waals surface area contributed by atoms with E-state index < -0.39 is 66.3 Å². The van der Waals surface area contributed by atoms with E-state index in [4.69, 9.17) is 16.6 Å². The number of aliphatic carboxylic acids is 1. The third-order valence-corrected chi connectivity index (χ3v) is 3.84. The molecule has 0 heterocycles. The van der Waals surface area contributed by atoms with Crippen LogP contribution in [-0.4, -0.2) is 70.1 Å². The fraction of sp³-hybridized carbons (Fsp3) is 0.706. The van der Waals surface area contributed by atoms with Crippen LogP contribution in [0.3, 0.4) is 0 Å². The van der Waals surface area contributed by atoms with E-state index in [0.29, 0.717) is 0 Å². The van der Waals surface area contributed by atoms with Crippen LogP contribution in [0.1, 0.15) is 40.5 Å². The molecule has 0 spiro atoms. The normalized spacial score (nSPS) is 16.1. The van der Waals surface area contributed by atoms with Crippen LogP contribution in [0.4, 0.5) is 0 Å². The van der Waals surface area contributed by atoms with Crippen molar-refractivity contribution >= 4 is 29.6 Å². The second-order valence-electron chi connectivity index (χ2n) is 7.28. The predicted octanol–water partition coefficient (Wildman–Crippen LogP) is -2.83. The summed E-state index contributed by atoms with van der Waals surface area (Å²) in [5, 5.41) is 25.8. The Morgan fingerprint density at radius 2 is 1.38 bits per heavy atom. The molecule has 0 saturated carbocycles. The van der Waals surface area contributed by atoms with Gasteiger partial charge in [-0.25, -0.2) is 4.79 Å². The number of aliphatic hydroxyl groups excluding tert-OH is 1. The van der Waals surface area contributed by atoms with Gasteiger partial charge in [-0.3, -0.25) is 19.2 Å². The molecule has 0 fully saturated rings. The average Bonchev–Trinajstić information content (AvgIpc) is 2.56. The van der Waals surface area contributed by atoms with Crippen LogP contribution in [0.25, 0.3) is 0 Å². The first-order valence-electron chi connectivity index (χ1n) is 9.12. The van der Waals surface area contributed by atoms with Gasteiger partial charge in [0.05, 0.1) is 18.6 Å². The minimum absolute atomic E-state index is 0.00455. The van der Waals surface area contributed by atoms with Crippen molar-refractivity contribution in [2.45, 2.75) is 70.8 Å². The highest BCUT2D eigenvalue weighted by Crippen LogP contribution is 2.07. The predicted molar refractivity (Wildman–Crippen MR) is 102 cm³/mol. The lowest BCUT2D eigenvalue weighted by atomic mass is 10.0. The molecule has 12 heteroatoms. The Kier molecular flexibility index (Phi) is 10.8. The highest BCUT2D eigenvalue weighted by molar-refractivity contribution is 5.95. The molecule has 0 aromatic carbocycles. The summed E-state index contributed by atoms with van der Waals surface area (Å²) in [7, 11) is 0. The average molecular weight is 417 g/mol. The zero-order chi connectivity index (χ0) is 22.9. The summed E-state index contributed by atoms with van der Waals surface area (Å²) in [6.07, 6.45) is -1.83. The summed E-state index contributed by atoms with van der Waals surface area (Å²) >= 11 is 0. The van der Waals surface area contributed by atoms with Gasteiger partial charge in [-0.2, -0.15) is 0 Å². The van der Waals surface area contributed by atoms with E-state index in [-0.39, 0.29) is 12.3 Å². The lowest BCUT2D eigenvalue weighted by molar-refractivity contribution is -0.144. The van der Waals surface area contributed by atoms with E-state index in [9.17, 15) is 29.1 Å². The van der Waals surface area contributed by atoms with Crippen LogP contribution in [-0.2, 0) is 24.0 Å². The number of amides is 4. The minimum Gasteiger partial charge on any atom is -0.480 e. The summed E-state index contributed by atoms with van der Waals surface area (Å²) < 4.78 is 0. The van der Waals surface area contributed by atoms with Gasteiger partial charge in [-0.05, 0) is 26.2 Å². The van der Waals surface area contributed by atoms with Gasteiger partial charge >= 0.3 is 5.97 Å². The summed E-state index contributed by atoms with van der Waals surface area (Å²) in [6, 6.07) is -5.04. The highest BCUT2D eigenvalue weighted by Gasteiger charge is 2.33. The number of nitrogens with two attached hydrogens (primary N) is 2. The number of primary amides is 1. The summed E-state index contributed by atoms with van der Waals surface area (Å²) in [5.74, 6) is -4.80. The number of hydrogen-bond acceptors (Lipinski definition) is 7. The molecule has 0 aromatic heterocycles. The number of carbonyl (C=O) groups is 5. The maximum Gasteiger partial charge on any atom is 0.326 e. The lowest BCUT2D eigenvalue weighted by Gasteiger charge is -2.26. The molecule has 0 saturated heterocycles. The van der Waals surface area contributed by atoms with Crippen LogP contribution in [0.2, 0.25) is 0 Å². The van der Waals surface area contributed by atoms with E-state index in [1.807, 2.05) is 13.8 Å². The molecule has 0 aliphatic rings. The number of carbonyl (C=O) groups excluding carboxylic acids is 4. The van der Waals surface area contributed by atoms with Crippen molar-refractivity contribution in [3.8, 4) is 0 Å². The van der Waals surface area contributed by atoms with Crippen molar-refractivity contribution in [3.05, 3.63) is 0 Å². The number of carboxylic acids is 1. The first kappa shape index (κ1) is 26.3. The SMILES string of the molecule is CC(C)CC(NC(=O)C(C)N)C(=O)NC(C(=O)NC(CC(N)=O)C(=O)O)C(C)O. The van der Waals surface area contributed by atoms with Crippen molar-refractivity contribution in [1.82, 2.24) is 16.0 Å². The Bertz CT molecular complexity index is 621. The third-order valence-electron chi connectivity index (χ3n) is 3.84. The van der Waals surface area contributed by atoms with Gasteiger partial charge in [0.25, 0.3) is 0 Å². The summed E-state index contributed by atoms with van der Waals surface area (Å²) in [6.45, 7) is 6.29. The van der Waals surface area contributed by atoms with Crippen LogP contribution in [0.15, 0.2) is 0 Å². The zero-order valence-electron chi connectivity index (χ0n) is 17.0. The Balaban J connectivity index is 5.37. The van der Waals surface area contributed by atoms with E-state index in [1.165, 1.54) is 13.8 Å². The molecule has 166 valence electrons. The Morgan fingerprint density at radius 3 is 1.76 bits per heavy atom. The highest BCUT2D eigenvalue weighted by atomic mass is 16.4. The molecule has 5 atom stereocenters. The smallest absolute Gasteiger partial charge is 0.326 e. The van der Waals surface area contributed by atoms with Gasteiger partial charge in [0.2, 0.25) is 23.6 Å². The lowest BCUT2D eigenvalue weighted by Crippen LogP contribution is -2.60. The maximum atomic E-state index is 12.6. The van der Waals surface area contributed by atoms with Crippen molar-refractivity contribution in [2.24, 2.45) is 17.4 Å². The van der Waals surface area contributed by atoms with Crippen molar-refractivity contribution in [2.75, 3.05) is 0 Å². The first-order valence-corrected chi connectivity index (χ1v) is 9.12. The van der Waals surface area contributed by atoms with Gasteiger partial charge in [0, 0.05) is 0 Å². The molecule has 4 amide bonds. The second kappa shape index (κ2) is 12.0. The number of hydrogen-bond donors (Lipinski definition) is 7. The van der Waals surface area contributed by atoms with Crippen molar-refractivity contribution in [1.29, 1.82) is 0 Å². The molecule has 0 rings (SSSR count). The zero-order valence-corrected chi connectivity index (χ0v) is 17.0. The number of rotatable bonds is 12. The third kappa shape index (κ3) is 9.85. The van der Waals surface area contributed by atoms with Gasteiger partial charge in [0.15, 0.2) is 0 Å². The van der Waals surface area contributed by atoms with E-state index in [1.54, 1.807) is 0 Å². The fourth-order valence-electron chi connectivity index (χ4n) is 2.33. The molecule has 0 aliphatic carbocycles. The van der Waals surface area contributed by atoms with Gasteiger partial charge in [0.1, 0.15) is 18.1 Å². The maximum absolute atomic E-state index is 12.6. The van der Waals surface area contributed by atoms with Gasteiger partial charge in [-0.1, -0.05) is 13.8 Å². The van der Waals surface area contributed by atoms with Gasteiger partial charge in [-0.15, -0.1) is 0 Å². The fourth-order valence-corrected chi connectivity index (χ4v) is 2.33. The molecule has 0 radical (unpaired) electrons. The topological polar surface area (TPSA) is 214 Å². The molecule has 0 aliphatic heterocycles. The standard InChI is InChI=1S/C17H31N5O7/c1-7(2)5-10(20-14(25)8(3)18)15(26)22-13(9(4)23)16(27)21-11(17(28)29)6-12(19)24/h7-11,13,23H,5-6,18H2,1-4H3,(H2,19,24)(H,20,25)(H,21,27)(H,22,26)(H,28,29). The van der Waals surface area contributed by atoms with Crippen LogP contribution >= 0.6 is 0 Å². The summed E-state index contributed by atoms with van der Waals surface area (Å²) in [4.78, 5) is 59.0. The molecule has 12 nitrogen and oxygen atoms in total. The summed E-state index contributed by atoms with van der Waals surface area (Å²) in [5.41, 5.74) is 10.5. The monoisotopic (exact) mass is 417 g/mol. The molecule has 9 N–H and O–H groups in total. The van der Waals surface area contributed by atoms with Crippen LogP contribution in [0, 0.1) is 5.92 Å².